The molecule has 1 amide bonds. The zero-order valence-corrected chi connectivity index (χ0v) is 20.4. The molecule has 6 heteroatoms. The maximum Gasteiger partial charge on any atom is 0.335 e. The van der Waals surface area contributed by atoms with Gasteiger partial charge in [0.05, 0.1) is 11.5 Å². The van der Waals surface area contributed by atoms with Gasteiger partial charge in [-0.1, -0.05) is 55.3 Å². The van der Waals surface area contributed by atoms with Crippen LogP contribution in [0.4, 0.5) is 5.69 Å². The number of halogens is 1. The summed E-state index contributed by atoms with van der Waals surface area (Å²) >= 11 is 6.21. The third kappa shape index (κ3) is 6.46. The minimum absolute atomic E-state index is 0.142. The normalized spacial score (nSPS) is 14.8. The number of nitrogens with two attached hydrogens (primary N) is 1. The molecule has 0 radical (unpaired) electrons. The SMILES string of the molecule is C=C(/C=C\C(=C/C)c1cc(Cl)ccc1CN)C(CC1CC1)C(=O)Nc1ccc(C(=O)O)c(C)c1. The van der Waals surface area contributed by atoms with Gasteiger partial charge >= 0.3 is 5.97 Å². The number of aryl methyl sites for hydroxylation is 1. The first-order valence-corrected chi connectivity index (χ1v) is 11.8. The van der Waals surface area contributed by atoms with Crippen molar-refractivity contribution in [1.82, 2.24) is 0 Å². The summed E-state index contributed by atoms with van der Waals surface area (Å²) in [7, 11) is 0. The van der Waals surface area contributed by atoms with Gasteiger partial charge in [-0.3, -0.25) is 4.79 Å². The highest BCUT2D eigenvalue weighted by atomic mass is 35.5. The number of carboxylic acid groups (broad SMARTS) is 1. The number of carbonyl (C=O) groups excluding carboxylic acids is 1. The molecule has 0 heterocycles. The maximum absolute atomic E-state index is 13.2. The first-order valence-electron chi connectivity index (χ1n) is 11.4. The molecule has 34 heavy (non-hydrogen) atoms. The van der Waals surface area contributed by atoms with Crippen LogP contribution in [0.1, 0.15) is 53.2 Å². The molecule has 2 aromatic rings. The molecule has 0 saturated heterocycles. The van der Waals surface area contributed by atoms with Crippen molar-refractivity contribution in [1.29, 1.82) is 0 Å². The van der Waals surface area contributed by atoms with E-state index in [1.807, 2.05) is 43.4 Å². The lowest BCUT2D eigenvalue weighted by molar-refractivity contribution is -0.119. The van der Waals surface area contributed by atoms with Crippen LogP contribution in [-0.4, -0.2) is 17.0 Å². The number of nitrogens with one attached hydrogen (secondary N) is 1. The molecule has 1 aliphatic carbocycles. The standard InChI is InChI=1S/C28H31ClN2O3/c1-4-20(26-15-22(29)10-9-21(26)16-30)8-5-17(2)25(14-19-6-7-19)27(32)31-23-11-12-24(28(33)34)18(3)13-23/h4-5,8-13,15,19,25H,2,6-7,14,16,30H2,1,3H3,(H,31,32)(H,33,34)/b8-5-,20-4+. The number of amides is 1. The fourth-order valence-corrected chi connectivity index (χ4v) is 4.15. The number of hydrogen-bond donors (Lipinski definition) is 3. The zero-order valence-electron chi connectivity index (χ0n) is 19.6. The summed E-state index contributed by atoms with van der Waals surface area (Å²) in [4.78, 5) is 24.5. The quantitative estimate of drug-likeness (QED) is 0.345. The van der Waals surface area contributed by atoms with E-state index in [0.29, 0.717) is 28.7 Å². The van der Waals surface area contributed by atoms with Crippen molar-refractivity contribution in [3.8, 4) is 0 Å². The van der Waals surface area contributed by atoms with Crippen molar-refractivity contribution in [2.24, 2.45) is 17.6 Å². The van der Waals surface area contributed by atoms with Crippen molar-refractivity contribution in [2.75, 3.05) is 5.32 Å². The summed E-state index contributed by atoms with van der Waals surface area (Å²) in [6.45, 7) is 8.26. The molecule has 0 bridgehead atoms. The lowest BCUT2D eigenvalue weighted by atomic mass is 9.91. The minimum atomic E-state index is -0.988. The predicted octanol–water partition coefficient (Wildman–Crippen LogP) is 6.38. The van der Waals surface area contributed by atoms with Crippen molar-refractivity contribution < 1.29 is 14.7 Å². The first-order chi connectivity index (χ1) is 16.2. The Labute approximate surface area is 206 Å². The Kier molecular flexibility index (Phi) is 8.48. The molecule has 0 aliphatic heterocycles. The number of carbonyl (C=O) groups is 2. The number of benzene rings is 2. The predicted molar refractivity (Wildman–Crippen MR) is 139 cm³/mol. The Morgan fingerprint density at radius 3 is 2.53 bits per heavy atom. The average Bonchev–Trinajstić information content (AvgIpc) is 3.62. The molecule has 1 aliphatic rings. The summed E-state index contributed by atoms with van der Waals surface area (Å²) in [6.07, 6.45) is 8.80. The van der Waals surface area contributed by atoms with E-state index in [1.165, 1.54) is 6.07 Å². The fraction of sp³-hybridized carbons (Fsp3) is 0.286. The first kappa shape index (κ1) is 25.5. The summed E-state index contributed by atoms with van der Waals surface area (Å²) < 4.78 is 0. The van der Waals surface area contributed by atoms with Crippen LogP contribution >= 0.6 is 11.6 Å². The van der Waals surface area contributed by atoms with Crippen LogP contribution in [0.2, 0.25) is 5.02 Å². The fourth-order valence-electron chi connectivity index (χ4n) is 3.97. The van der Waals surface area contributed by atoms with Gasteiger partial charge < -0.3 is 16.2 Å². The summed E-state index contributed by atoms with van der Waals surface area (Å²) in [5, 5.41) is 12.8. The Bertz CT molecular complexity index is 1160. The molecule has 2 aromatic carbocycles. The van der Waals surface area contributed by atoms with Crippen LogP contribution in [0.15, 0.2) is 66.8 Å². The second-order valence-electron chi connectivity index (χ2n) is 8.71. The lowest BCUT2D eigenvalue weighted by Gasteiger charge is -2.18. The molecule has 3 rings (SSSR count). The largest absolute Gasteiger partial charge is 0.478 e. The van der Waals surface area contributed by atoms with E-state index in [0.717, 1.165) is 41.5 Å². The van der Waals surface area contributed by atoms with Gasteiger partial charge in [0.1, 0.15) is 0 Å². The second kappa shape index (κ2) is 11.3. The van der Waals surface area contributed by atoms with Crippen LogP contribution in [0.3, 0.4) is 0 Å². The molecule has 0 spiro atoms. The minimum Gasteiger partial charge on any atom is -0.478 e. The smallest absolute Gasteiger partial charge is 0.335 e. The van der Waals surface area contributed by atoms with Crippen LogP contribution in [-0.2, 0) is 11.3 Å². The van der Waals surface area contributed by atoms with E-state index in [9.17, 15) is 14.7 Å². The highest BCUT2D eigenvalue weighted by Crippen LogP contribution is 2.38. The molecule has 178 valence electrons. The van der Waals surface area contributed by atoms with E-state index >= 15 is 0 Å². The molecule has 4 N–H and O–H groups in total. The third-order valence-electron chi connectivity index (χ3n) is 6.15. The summed E-state index contributed by atoms with van der Waals surface area (Å²) in [5.74, 6) is -0.987. The molecular formula is C28H31ClN2O3. The number of hydrogen-bond acceptors (Lipinski definition) is 3. The number of carboxylic acids is 1. The third-order valence-corrected chi connectivity index (χ3v) is 6.38. The van der Waals surface area contributed by atoms with Gasteiger partial charge in [-0.2, -0.15) is 0 Å². The van der Waals surface area contributed by atoms with Gasteiger partial charge in [0.15, 0.2) is 0 Å². The van der Waals surface area contributed by atoms with E-state index < -0.39 is 5.97 Å². The number of aromatic carboxylic acids is 1. The van der Waals surface area contributed by atoms with Gasteiger partial charge in [0.2, 0.25) is 5.91 Å². The highest BCUT2D eigenvalue weighted by molar-refractivity contribution is 6.30. The average molecular weight is 479 g/mol. The Balaban J connectivity index is 1.79. The van der Waals surface area contributed by atoms with Gasteiger partial charge in [-0.05, 0) is 84.4 Å². The number of anilines is 1. The summed E-state index contributed by atoms with van der Waals surface area (Å²) in [5.41, 5.74) is 10.9. The van der Waals surface area contributed by atoms with Crippen molar-refractivity contribution in [3.63, 3.8) is 0 Å². The summed E-state index contributed by atoms with van der Waals surface area (Å²) in [6, 6.07) is 10.4. The van der Waals surface area contributed by atoms with Crippen molar-refractivity contribution in [2.45, 2.75) is 39.7 Å². The Morgan fingerprint density at radius 1 is 1.21 bits per heavy atom. The van der Waals surface area contributed by atoms with Gasteiger partial charge in [0, 0.05) is 17.3 Å². The topological polar surface area (TPSA) is 92.4 Å². The molecule has 1 fully saturated rings. The van der Waals surface area contributed by atoms with Gasteiger partial charge in [0.25, 0.3) is 0 Å². The maximum atomic E-state index is 13.2. The van der Waals surface area contributed by atoms with Gasteiger partial charge in [-0.25, -0.2) is 4.79 Å². The van der Waals surface area contributed by atoms with Crippen LogP contribution < -0.4 is 11.1 Å². The zero-order chi connectivity index (χ0) is 24.8. The van der Waals surface area contributed by atoms with Crippen LogP contribution in [0, 0.1) is 18.8 Å². The molecule has 5 nitrogen and oxygen atoms in total. The van der Waals surface area contributed by atoms with Crippen LogP contribution in [0.25, 0.3) is 5.57 Å². The lowest BCUT2D eigenvalue weighted by Crippen LogP contribution is -2.24. The molecular weight excluding hydrogens is 448 g/mol. The Hall–Kier alpha value is -3.15. The molecule has 1 unspecified atom stereocenters. The second-order valence-corrected chi connectivity index (χ2v) is 9.15. The Morgan fingerprint density at radius 2 is 1.94 bits per heavy atom. The van der Waals surface area contributed by atoms with Crippen molar-refractivity contribution in [3.05, 3.63) is 94.1 Å². The van der Waals surface area contributed by atoms with E-state index in [-0.39, 0.29) is 17.4 Å². The van der Waals surface area contributed by atoms with Crippen molar-refractivity contribution >= 4 is 34.7 Å². The number of rotatable bonds is 10. The number of allylic oxidation sites excluding steroid dienone is 4. The van der Waals surface area contributed by atoms with E-state index in [4.69, 9.17) is 17.3 Å². The van der Waals surface area contributed by atoms with Gasteiger partial charge in [-0.15, -0.1) is 0 Å². The van der Waals surface area contributed by atoms with E-state index in [2.05, 4.69) is 11.9 Å². The molecule has 1 saturated carbocycles. The molecule has 0 aromatic heterocycles. The highest BCUT2D eigenvalue weighted by Gasteiger charge is 2.30. The monoisotopic (exact) mass is 478 g/mol. The molecule has 1 atom stereocenters. The van der Waals surface area contributed by atoms with Crippen LogP contribution in [0.5, 0.6) is 0 Å². The van der Waals surface area contributed by atoms with E-state index in [1.54, 1.807) is 19.1 Å².